The summed E-state index contributed by atoms with van der Waals surface area (Å²) < 4.78 is 0. The van der Waals surface area contributed by atoms with Crippen molar-refractivity contribution in [3.8, 4) is 6.07 Å². The molecular formula is C18H30N2O2. The summed E-state index contributed by atoms with van der Waals surface area (Å²) in [6.07, 6.45) is 11.7. The molecule has 6 aliphatic rings. The maximum atomic E-state index is 9.89. The third kappa shape index (κ3) is 2.91. The van der Waals surface area contributed by atoms with Gasteiger partial charge in [-0.05, 0) is 89.0 Å². The number of nitriles is 1. The van der Waals surface area contributed by atoms with Crippen LogP contribution in [0.2, 0.25) is 0 Å². The van der Waals surface area contributed by atoms with E-state index in [1.54, 1.807) is 0 Å². The minimum absolute atomic E-state index is 0.0511. The van der Waals surface area contributed by atoms with Crippen molar-refractivity contribution in [3.63, 3.8) is 0 Å². The Morgan fingerprint density at radius 3 is 1.41 bits per heavy atom. The summed E-state index contributed by atoms with van der Waals surface area (Å²) in [5, 5.41) is 28.6. The maximum Gasteiger partial charge on any atom is 0.0689 e. The molecule has 4 N–H and O–H groups in total. The molecule has 124 valence electrons. The van der Waals surface area contributed by atoms with Crippen LogP contribution in [0.5, 0.6) is 0 Å². The van der Waals surface area contributed by atoms with E-state index in [0.717, 1.165) is 83.6 Å². The van der Waals surface area contributed by atoms with E-state index in [2.05, 4.69) is 6.07 Å². The summed E-state index contributed by atoms with van der Waals surface area (Å²) in [6, 6.07) is 2.41. The zero-order valence-electron chi connectivity index (χ0n) is 13.6. The van der Waals surface area contributed by atoms with Gasteiger partial charge in [-0.3, -0.25) is 0 Å². The van der Waals surface area contributed by atoms with Gasteiger partial charge in [0.25, 0.3) is 0 Å². The predicted octanol–water partition coefficient (Wildman–Crippen LogP) is 2.63. The quantitative estimate of drug-likeness (QED) is 0.694. The Balaban J connectivity index is 0.000000131. The molecule has 4 heteroatoms. The first-order valence-electron chi connectivity index (χ1n) is 8.93. The van der Waals surface area contributed by atoms with Gasteiger partial charge in [0.15, 0.2) is 0 Å². The van der Waals surface area contributed by atoms with Gasteiger partial charge >= 0.3 is 0 Å². The fourth-order valence-corrected chi connectivity index (χ4v) is 4.88. The van der Waals surface area contributed by atoms with Gasteiger partial charge in [-0.2, -0.15) is 5.26 Å². The average Bonchev–Trinajstić information content (AvgIpc) is 2.58. The Hall–Kier alpha value is -0.630. The van der Waals surface area contributed by atoms with Crippen LogP contribution in [0, 0.1) is 22.2 Å². The number of nitrogens with zero attached hydrogens (tertiary/aromatic N) is 1. The van der Waals surface area contributed by atoms with Crippen LogP contribution in [-0.2, 0) is 0 Å². The first-order chi connectivity index (χ1) is 10.4. The molecule has 0 amide bonds. The van der Waals surface area contributed by atoms with Gasteiger partial charge in [-0.15, -0.1) is 0 Å². The van der Waals surface area contributed by atoms with E-state index in [-0.39, 0.29) is 11.0 Å². The lowest BCUT2D eigenvalue weighted by Gasteiger charge is -2.50. The van der Waals surface area contributed by atoms with Gasteiger partial charge in [-0.25, -0.2) is 0 Å². The van der Waals surface area contributed by atoms with Crippen molar-refractivity contribution >= 4 is 0 Å². The van der Waals surface area contributed by atoms with Crippen molar-refractivity contribution in [3.05, 3.63) is 0 Å². The van der Waals surface area contributed by atoms with Crippen LogP contribution in [0.15, 0.2) is 0 Å². The lowest BCUT2D eigenvalue weighted by molar-refractivity contribution is -0.0883. The summed E-state index contributed by atoms with van der Waals surface area (Å²) in [5.74, 6) is 0. The second kappa shape index (κ2) is 5.47. The Labute approximate surface area is 133 Å². The number of fused-ring (bicyclic) bond motifs is 6. The highest BCUT2D eigenvalue weighted by molar-refractivity contribution is 5.09. The molecule has 4 bridgehead atoms. The molecule has 0 unspecified atom stereocenters. The highest BCUT2D eigenvalue weighted by Gasteiger charge is 2.48. The van der Waals surface area contributed by atoms with Crippen LogP contribution in [0.4, 0.5) is 0 Å². The van der Waals surface area contributed by atoms with Crippen LogP contribution in [0.3, 0.4) is 0 Å². The standard InChI is InChI=1S/C9H17NO.C9H13NO/c2*10-7-8-1-4-9(11,5-2-8)6-3-8/h11H,1-7,10H2;11H,1-6H2. The van der Waals surface area contributed by atoms with Crippen molar-refractivity contribution in [2.75, 3.05) is 6.54 Å². The molecule has 0 heterocycles. The van der Waals surface area contributed by atoms with E-state index in [4.69, 9.17) is 11.0 Å². The molecule has 0 saturated heterocycles. The summed E-state index contributed by atoms with van der Waals surface area (Å²) in [7, 11) is 0. The largest absolute Gasteiger partial charge is 0.390 e. The van der Waals surface area contributed by atoms with Crippen molar-refractivity contribution in [2.24, 2.45) is 16.6 Å². The second-order valence-corrected chi connectivity index (χ2v) is 8.54. The summed E-state index contributed by atoms with van der Waals surface area (Å²) in [4.78, 5) is 0. The molecule has 22 heavy (non-hydrogen) atoms. The Morgan fingerprint density at radius 2 is 1.09 bits per heavy atom. The third-order valence-electron chi connectivity index (χ3n) is 7.24. The second-order valence-electron chi connectivity index (χ2n) is 8.54. The zero-order valence-corrected chi connectivity index (χ0v) is 13.6. The Morgan fingerprint density at radius 1 is 0.727 bits per heavy atom. The average molecular weight is 306 g/mol. The lowest BCUT2D eigenvalue weighted by atomic mass is 9.59. The SMILES string of the molecule is N#CC12CCC(O)(CC1)CC2.NCC12CCC(O)(CC1)CC2. The number of nitrogens with two attached hydrogens (primary N) is 1. The highest BCUT2D eigenvalue weighted by atomic mass is 16.3. The highest BCUT2D eigenvalue weighted by Crippen LogP contribution is 2.52. The molecule has 6 saturated carbocycles. The van der Waals surface area contributed by atoms with E-state index >= 15 is 0 Å². The molecule has 0 aromatic heterocycles. The molecule has 0 aromatic rings. The van der Waals surface area contributed by atoms with Crippen molar-refractivity contribution in [1.29, 1.82) is 5.26 Å². The van der Waals surface area contributed by atoms with E-state index in [1.807, 2.05) is 0 Å². The number of aliphatic hydroxyl groups is 2. The molecule has 0 aromatic carbocycles. The van der Waals surface area contributed by atoms with Crippen LogP contribution < -0.4 is 5.73 Å². The molecule has 0 radical (unpaired) electrons. The van der Waals surface area contributed by atoms with E-state index in [9.17, 15) is 10.2 Å². The normalized spacial score (nSPS) is 49.2. The minimum Gasteiger partial charge on any atom is -0.390 e. The third-order valence-corrected chi connectivity index (χ3v) is 7.24. The molecule has 4 nitrogen and oxygen atoms in total. The lowest BCUT2D eigenvalue weighted by Crippen LogP contribution is -2.48. The molecular weight excluding hydrogens is 276 g/mol. The topological polar surface area (TPSA) is 90.3 Å². The number of rotatable bonds is 1. The predicted molar refractivity (Wildman–Crippen MR) is 84.8 cm³/mol. The van der Waals surface area contributed by atoms with Gasteiger partial charge in [0.2, 0.25) is 0 Å². The van der Waals surface area contributed by atoms with Gasteiger partial charge < -0.3 is 15.9 Å². The smallest absolute Gasteiger partial charge is 0.0689 e. The van der Waals surface area contributed by atoms with Gasteiger partial charge in [0.1, 0.15) is 0 Å². The summed E-state index contributed by atoms with van der Waals surface area (Å²) in [5.41, 5.74) is 5.42. The van der Waals surface area contributed by atoms with Crippen LogP contribution >= 0.6 is 0 Å². The van der Waals surface area contributed by atoms with Crippen LogP contribution in [0.25, 0.3) is 0 Å². The molecule has 6 fully saturated rings. The first-order valence-corrected chi connectivity index (χ1v) is 8.93. The fraction of sp³-hybridized carbons (Fsp3) is 0.944. The minimum atomic E-state index is -0.390. The first kappa shape index (κ1) is 16.2. The molecule has 6 aliphatic carbocycles. The van der Waals surface area contributed by atoms with E-state index in [1.165, 1.54) is 0 Å². The monoisotopic (exact) mass is 306 g/mol. The zero-order chi connectivity index (χ0) is 15.9. The molecule has 6 rings (SSSR count). The maximum absolute atomic E-state index is 9.89. The number of hydrogen-bond acceptors (Lipinski definition) is 4. The van der Waals surface area contributed by atoms with Crippen molar-refractivity contribution in [1.82, 2.24) is 0 Å². The molecule has 0 aliphatic heterocycles. The van der Waals surface area contributed by atoms with Crippen molar-refractivity contribution < 1.29 is 10.2 Å². The van der Waals surface area contributed by atoms with Gasteiger partial charge in [0.05, 0.1) is 22.7 Å². The Bertz CT molecular complexity index is 419. The van der Waals surface area contributed by atoms with Gasteiger partial charge in [0, 0.05) is 0 Å². The molecule has 0 atom stereocenters. The van der Waals surface area contributed by atoms with Crippen LogP contribution in [0.1, 0.15) is 77.0 Å². The fourth-order valence-electron chi connectivity index (χ4n) is 4.88. The summed E-state index contributed by atoms with van der Waals surface area (Å²) in [6.45, 7) is 0.822. The Kier molecular flexibility index (Phi) is 4.04. The van der Waals surface area contributed by atoms with Gasteiger partial charge in [-0.1, -0.05) is 0 Å². The molecule has 0 spiro atoms. The summed E-state index contributed by atoms with van der Waals surface area (Å²) >= 11 is 0. The van der Waals surface area contributed by atoms with E-state index in [0.29, 0.717) is 5.41 Å². The van der Waals surface area contributed by atoms with Crippen molar-refractivity contribution in [2.45, 2.75) is 88.3 Å². The van der Waals surface area contributed by atoms with Crippen LogP contribution in [-0.4, -0.2) is 28.0 Å². The van der Waals surface area contributed by atoms with E-state index < -0.39 is 5.60 Å². The number of hydrogen-bond donors (Lipinski definition) is 3.